The Bertz CT molecular complexity index is 905. The molecule has 4 rings (SSSR count). The van der Waals surface area contributed by atoms with Crippen LogP contribution in [0.1, 0.15) is 37.3 Å². The van der Waals surface area contributed by atoms with Gasteiger partial charge in [0.15, 0.2) is 5.78 Å². The monoisotopic (exact) mass is 380 g/mol. The van der Waals surface area contributed by atoms with E-state index in [0.29, 0.717) is 34.3 Å². The van der Waals surface area contributed by atoms with Gasteiger partial charge in [-0.3, -0.25) is 4.79 Å². The number of fused-ring (bicyclic) bond motifs is 1. The van der Waals surface area contributed by atoms with Gasteiger partial charge in [0.25, 0.3) is 0 Å². The van der Waals surface area contributed by atoms with Crippen molar-refractivity contribution in [1.29, 1.82) is 0 Å². The van der Waals surface area contributed by atoms with Crippen LogP contribution in [0.5, 0.6) is 0 Å². The normalized spacial score (nSPS) is 29.5. The molecule has 27 heavy (non-hydrogen) atoms. The molecule has 1 saturated heterocycles. The Balaban J connectivity index is 1.85. The van der Waals surface area contributed by atoms with Gasteiger partial charge in [-0.2, -0.15) is 11.8 Å². The number of hydrogen-bond acceptors (Lipinski definition) is 2. The molecule has 3 atom stereocenters. The van der Waals surface area contributed by atoms with Crippen LogP contribution in [-0.2, 0) is 4.79 Å². The summed E-state index contributed by atoms with van der Waals surface area (Å²) in [7, 11) is 0. The topological polar surface area (TPSA) is 17.1 Å². The molecular formula is C24H25FOS. The second-order valence-corrected chi connectivity index (χ2v) is 9.16. The number of aryl methyl sites for hydroxylation is 1. The number of Topliss-reactive ketones (excluding diaryl/α,β-unsaturated/α-hetero) is 1. The van der Waals surface area contributed by atoms with Crippen molar-refractivity contribution in [2.45, 2.75) is 38.4 Å². The molecule has 0 saturated carbocycles. The zero-order chi connectivity index (χ0) is 19.1. The Kier molecular flexibility index (Phi) is 4.98. The molecular weight excluding hydrogens is 355 g/mol. The molecule has 1 aromatic carbocycles. The summed E-state index contributed by atoms with van der Waals surface area (Å²) in [6.07, 6.45) is 8.77. The van der Waals surface area contributed by atoms with Crippen molar-refractivity contribution >= 4 is 23.1 Å². The van der Waals surface area contributed by atoms with Crippen molar-refractivity contribution in [1.82, 2.24) is 0 Å². The van der Waals surface area contributed by atoms with Gasteiger partial charge in [0, 0.05) is 22.8 Å². The molecule has 3 aliphatic rings. The molecule has 0 radical (unpaired) electrons. The van der Waals surface area contributed by atoms with Crippen LogP contribution >= 0.6 is 11.8 Å². The third-order valence-corrected chi connectivity index (χ3v) is 7.51. The molecule has 0 aromatic heterocycles. The summed E-state index contributed by atoms with van der Waals surface area (Å²) in [5.41, 5.74) is 4.64. The predicted octanol–water partition coefficient (Wildman–Crippen LogP) is 6.06. The van der Waals surface area contributed by atoms with Crippen LogP contribution in [0.3, 0.4) is 0 Å². The summed E-state index contributed by atoms with van der Waals surface area (Å²) in [5, 5.41) is 0.494. The summed E-state index contributed by atoms with van der Waals surface area (Å²) >= 11 is 1.94. The molecule has 1 fully saturated rings. The van der Waals surface area contributed by atoms with Gasteiger partial charge in [0.2, 0.25) is 0 Å². The number of carbonyl (C=O) groups is 1. The van der Waals surface area contributed by atoms with E-state index in [9.17, 15) is 9.18 Å². The van der Waals surface area contributed by atoms with E-state index in [2.05, 4.69) is 31.7 Å². The van der Waals surface area contributed by atoms with Crippen molar-refractivity contribution in [3.05, 3.63) is 76.7 Å². The number of allylic oxidation sites excluding steroid dienone is 6. The lowest BCUT2D eigenvalue weighted by atomic mass is 9.81. The van der Waals surface area contributed by atoms with Crippen LogP contribution in [0.4, 0.5) is 4.39 Å². The zero-order valence-electron chi connectivity index (χ0n) is 15.9. The van der Waals surface area contributed by atoms with Crippen LogP contribution in [0.2, 0.25) is 0 Å². The van der Waals surface area contributed by atoms with E-state index in [1.54, 1.807) is 19.1 Å². The van der Waals surface area contributed by atoms with Gasteiger partial charge < -0.3 is 0 Å². The van der Waals surface area contributed by atoms with E-state index in [1.165, 1.54) is 0 Å². The van der Waals surface area contributed by atoms with Crippen LogP contribution in [0.15, 0.2) is 59.7 Å². The van der Waals surface area contributed by atoms with Gasteiger partial charge in [-0.15, -0.1) is 0 Å². The molecule has 3 unspecified atom stereocenters. The first-order valence-corrected chi connectivity index (χ1v) is 10.7. The Morgan fingerprint density at radius 3 is 2.89 bits per heavy atom. The first-order chi connectivity index (χ1) is 13.0. The van der Waals surface area contributed by atoms with Crippen molar-refractivity contribution in [3.63, 3.8) is 0 Å². The molecule has 0 amide bonds. The van der Waals surface area contributed by atoms with Gasteiger partial charge in [0.1, 0.15) is 5.82 Å². The predicted molar refractivity (Wildman–Crippen MR) is 112 cm³/mol. The van der Waals surface area contributed by atoms with Crippen molar-refractivity contribution < 1.29 is 9.18 Å². The minimum absolute atomic E-state index is 0.222. The van der Waals surface area contributed by atoms with E-state index in [-0.39, 0.29) is 17.5 Å². The summed E-state index contributed by atoms with van der Waals surface area (Å²) in [6, 6.07) is 5.43. The van der Waals surface area contributed by atoms with Crippen molar-refractivity contribution in [2.75, 3.05) is 5.75 Å². The number of rotatable bonds is 2. The molecule has 3 heteroatoms. The van der Waals surface area contributed by atoms with Crippen LogP contribution in [-0.4, -0.2) is 16.8 Å². The third-order valence-electron chi connectivity index (χ3n) is 5.96. The molecule has 0 spiro atoms. The standard InChI is InChI=1S/C24H25FOS/c1-14-7-9-22(26)21-12-17-13-27-23(17)10-8-19(21)20(11-14)16(3)18-6-4-5-15(2)24(18)25/h4-6,8,10-11,14,17,23H,3,7,9,12-13H2,1-2H3/b20-11-. The average Bonchev–Trinajstić information content (AvgIpc) is 2.75. The highest BCUT2D eigenvalue weighted by Gasteiger charge is 2.35. The van der Waals surface area contributed by atoms with Gasteiger partial charge in [-0.1, -0.05) is 49.9 Å². The fourth-order valence-corrected chi connectivity index (χ4v) is 5.26. The first kappa shape index (κ1) is 18.5. The zero-order valence-corrected chi connectivity index (χ0v) is 16.7. The highest BCUT2D eigenvalue weighted by molar-refractivity contribution is 8.01. The van der Waals surface area contributed by atoms with Gasteiger partial charge in [0.05, 0.1) is 0 Å². The molecule has 1 heterocycles. The first-order valence-electron chi connectivity index (χ1n) is 9.68. The maximum absolute atomic E-state index is 14.8. The highest BCUT2D eigenvalue weighted by Crippen LogP contribution is 2.45. The maximum Gasteiger partial charge on any atom is 0.159 e. The number of hydrogen-bond donors (Lipinski definition) is 0. The van der Waals surface area contributed by atoms with Gasteiger partial charge in [-0.05, 0) is 59.6 Å². The summed E-state index contributed by atoms with van der Waals surface area (Å²) < 4.78 is 14.8. The quantitative estimate of drug-likeness (QED) is 0.620. The number of benzene rings is 1. The van der Waals surface area contributed by atoms with Gasteiger partial charge >= 0.3 is 0 Å². The fraction of sp³-hybridized carbons (Fsp3) is 0.375. The summed E-state index contributed by atoms with van der Waals surface area (Å²) in [6.45, 7) is 8.16. The van der Waals surface area contributed by atoms with E-state index >= 15 is 0 Å². The minimum atomic E-state index is -0.222. The average molecular weight is 381 g/mol. The Morgan fingerprint density at radius 2 is 2.15 bits per heavy atom. The Morgan fingerprint density at radius 1 is 1.33 bits per heavy atom. The third kappa shape index (κ3) is 3.38. The number of carbonyl (C=O) groups excluding carboxylic acids is 1. The number of ketones is 1. The SMILES string of the molecule is C=C(/C1=C/C(C)CCC(=O)C2=C1C=CC1SCC1C2)c1cccc(C)c1F. The van der Waals surface area contributed by atoms with E-state index in [0.717, 1.165) is 35.3 Å². The summed E-state index contributed by atoms with van der Waals surface area (Å²) in [4.78, 5) is 13.0. The molecule has 2 aliphatic carbocycles. The molecule has 140 valence electrons. The Hall–Kier alpha value is -1.87. The van der Waals surface area contributed by atoms with Crippen molar-refractivity contribution in [3.8, 4) is 0 Å². The lowest BCUT2D eigenvalue weighted by Gasteiger charge is -2.33. The van der Waals surface area contributed by atoms with Crippen LogP contribution < -0.4 is 0 Å². The van der Waals surface area contributed by atoms with E-state index in [4.69, 9.17) is 0 Å². The molecule has 0 bridgehead atoms. The number of thioether (sulfide) groups is 1. The molecule has 0 N–H and O–H groups in total. The van der Waals surface area contributed by atoms with E-state index in [1.807, 2.05) is 17.8 Å². The minimum Gasteiger partial charge on any atom is -0.295 e. The van der Waals surface area contributed by atoms with Crippen LogP contribution in [0.25, 0.3) is 5.57 Å². The lowest BCUT2D eigenvalue weighted by molar-refractivity contribution is -0.116. The number of halogens is 1. The highest BCUT2D eigenvalue weighted by atomic mass is 32.2. The van der Waals surface area contributed by atoms with Gasteiger partial charge in [-0.25, -0.2) is 4.39 Å². The lowest BCUT2D eigenvalue weighted by Crippen LogP contribution is -2.29. The second-order valence-electron chi connectivity index (χ2n) is 7.95. The molecule has 1 nitrogen and oxygen atoms in total. The van der Waals surface area contributed by atoms with E-state index < -0.39 is 0 Å². The maximum atomic E-state index is 14.8. The fourth-order valence-electron chi connectivity index (χ4n) is 4.17. The second kappa shape index (κ2) is 7.27. The summed E-state index contributed by atoms with van der Waals surface area (Å²) in [5.74, 6) is 1.94. The van der Waals surface area contributed by atoms with Crippen molar-refractivity contribution in [2.24, 2.45) is 11.8 Å². The Labute approximate surface area is 165 Å². The van der Waals surface area contributed by atoms with Crippen LogP contribution in [0, 0.1) is 24.6 Å². The smallest absolute Gasteiger partial charge is 0.159 e. The largest absolute Gasteiger partial charge is 0.295 e. The molecule has 1 aliphatic heterocycles. The molecule has 1 aromatic rings.